The van der Waals surface area contributed by atoms with E-state index in [1.807, 2.05) is 24.3 Å². The summed E-state index contributed by atoms with van der Waals surface area (Å²) in [6.07, 6.45) is 0. The number of nitrogens with one attached hydrogen (secondary N) is 1. The molecule has 0 spiro atoms. The van der Waals surface area contributed by atoms with Gasteiger partial charge in [0.25, 0.3) is 0 Å². The van der Waals surface area contributed by atoms with E-state index in [2.05, 4.69) is 21.2 Å². The molecule has 0 aliphatic heterocycles. The maximum atomic E-state index is 14.3. The maximum absolute atomic E-state index is 14.3. The lowest BCUT2D eigenvalue weighted by molar-refractivity contribution is 0.377. The van der Waals surface area contributed by atoms with Gasteiger partial charge in [-0.15, -0.1) is 0 Å². The number of halogens is 2. The van der Waals surface area contributed by atoms with Crippen molar-refractivity contribution in [1.29, 1.82) is 0 Å². The van der Waals surface area contributed by atoms with Crippen LogP contribution in [-0.4, -0.2) is 21.3 Å². The van der Waals surface area contributed by atoms with Gasteiger partial charge in [-0.1, -0.05) is 28.1 Å². The van der Waals surface area contributed by atoms with Crippen LogP contribution in [-0.2, 0) is 0 Å². The molecule has 2 aromatic carbocycles. The number of hydrogen-bond donors (Lipinski definition) is 1. The molecule has 3 nitrogen and oxygen atoms in total. The average Bonchev–Trinajstić information content (AvgIpc) is 2.50. The molecular weight excluding hydrogens is 337 g/mol. The molecule has 112 valence electrons. The Morgan fingerprint density at radius 3 is 2.05 bits per heavy atom. The highest BCUT2D eigenvalue weighted by molar-refractivity contribution is 9.10. The fraction of sp³-hybridized carbons (Fsp3) is 0.250. The quantitative estimate of drug-likeness (QED) is 0.883. The molecule has 0 aromatic heterocycles. The Hall–Kier alpha value is -1.59. The van der Waals surface area contributed by atoms with Gasteiger partial charge in [-0.3, -0.25) is 0 Å². The Kier molecular flexibility index (Phi) is 5.20. The van der Waals surface area contributed by atoms with Crippen molar-refractivity contribution in [1.82, 2.24) is 5.32 Å². The standard InChI is InChI=1S/C16H17BrFNO2/c1-19-16(14-10(17)6-4-7-11(14)18)15-12(20-2)8-5-9-13(15)21-3/h4-9,16,19H,1-3H3. The summed E-state index contributed by atoms with van der Waals surface area (Å²) < 4.78 is 25.8. The molecule has 0 saturated heterocycles. The van der Waals surface area contributed by atoms with Crippen molar-refractivity contribution in [2.75, 3.05) is 21.3 Å². The van der Waals surface area contributed by atoms with Crippen LogP contribution in [0.15, 0.2) is 40.9 Å². The smallest absolute Gasteiger partial charge is 0.129 e. The van der Waals surface area contributed by atoms with Gasteiger partial charge in [0.05, 0.1) is 25.8 Å². The van der Waals surface area contributed by atoms with Crippen LogP contribution < -0.4 is 14.8 Å². The van der Waals surface area contributed by atoms with E-state index in [1.165, 1.54) is 6.07 Å². The van der Waals surface area contributed by atoms with E-state index in [1.54, 1.807) is 27.3 Å². The van der Waals surface area contributed by atoms with Crippen LogP contribution in [0.1, 0.15) is 17.2 Å². The molecule has 0 amide bonds. The summed E-state index contributed by atoms with van der Waals surface area (Å²) in [5.74, 6) is 0.990. The SMILES string of the molecule is CNC(c1c(F)cccc1Br)c1c(OC)cccc1OC. The van der Waals surface area contributed by atoms with E-state index >= 15 is 0 Å². The van der Waals surface area contributed by atoms with Crippen LogP contribution >= 0.6 is 15.9 Å². The normalized spacial score (nSPS) is 12.0. The van der Waals surface area contributed by atoms with Crippen molar-refractivity contribution in [3.8, 4) is 11.5 Å². The Bertz CT molecular complexity index is 591. The van der Waals surface area contributed by atoms with Gasteiger partial charge in [-0.05, 0) is 31.3 Å². The second-order valence-corrected chi connectivity index (χ2v) is 5.29. The minimum atomic E-state index is -0.397. The average molecular weight is 354 g/mol. The fourth-order valence-electron chi connectivity index (χ4n) is 2.38. The number of methoxy groups -OCH3 is 2. The largest absolute Gasteiger partial charge is 0.496 e. The van der Waals surface area contributed by atoms with E-state index in [4.69, 9.17) is 9.47 Å². The fourth-order valence-corrected chi connectivity index (χ4v) is 2.95. The molecule has 0 bridgehead atoms. The summed E-state index contributed by atoms with van der Waals surface area (Å²) in [5, 5.41) is 3.14. The topological polar surface area (TPSA) is 30.5 Å². The van der Waals surface area contributed by atoms with Crippen molar-refractivity contribution in [2.45, 2.75) is 6.04 Å². The Balaban J connectivity index is 2.67. The Morgan fingerprint density at radius 2 is 1.57 bits per heavy atom. The molecule has 2 aromatic rings. The third kappa shape index (κ3) is 3.04. The monoisotopic (exact) mass is 353 g/mol. The predicted octanol–water partition coefficient (Wildman–Crippen LogP) is 3.91. The van der Waals surface area contributed by atoms with Gasteiger partial charge in [0.15, 0.2) is 0 Å². The summed E-state index contributed by atoms with van der Waals surface area (Å²) >= 11 is 3.42. The first kappa shape index (κ1) is 15.8. The summed E-state index contributed by atoms with van der Waals surface area (Å²) in [6.45, 7) is 0. The molecule has 0 heterocycles. The van der Waals surface area contributed by atoms with Gasteiger partial charge in [0, 0.05) is 10.0 Å². The number of hydrogen-bond acceptors (Lipinski definition) is 3. The van der Waals surface area contributed by atoms with E-state index in [0.717, 1.165) is 5.56 Å². The minimum absolute atomic E-state index is 0.295. The minimum Gasteiger partial charge on any atom is -0.496 e. The van der Waals surface area contributed by atoms with E-state index in [0.29, 0.717) is 21.5 Å². The highest BCUT2D eigenvalue weighted by Gasteiger charge is 2.25. The van der Waals surface area contributed by atoms with Crippen LogP contribution in [0, 0.1) is 5.82 Å². The lowest BCUT2D eigenvalue weighted by Crippen LogP contribution is -2.21. The zero-order valence-electron chi connectivity index (χ0n) is 12.1. The summed E-state index contributed by atoms with van der Waals surface area (Å²) in [6, 6.07) is 10.0. The van der Waals surface area contributed by atoms with E-state index < -0.39 is 6.04 Å². The highest BCUT2D eigenvalue weighted by Crippen LogP contribution is 2.40. The third-order valence-corrected chi connectivity index (χ3v) is 4.02. The van der Waals surface area contributed by atoms with Crippen molar-refractivity contribution in [3.05, 3.63) is 57.8 Å². The van der Waals surface area contributed by atoms with Crippen LogP contribution in [0.5, 0.6) is 11.5 Å². The lowest BCUT2D eigenvalue weighted by atomic mass is 9.96. The van der Waals surface area contributed by atoms with Gasteiger partial charge in [0.1, 0.15) is 17.3 Å². The molecule has 1 N–H and O–H groups in total. The van der Waals surface area contributed by atoms with Crippen molar-refractivity contribution in [3.63, 3.8) is 0 Å². The van der Waals surface area contributed by atoms with E-state index in [9.17, 15) is 4.39 Å². The Morgan fingerprint density at radius 1 is 1.00 bits per heavy atom. The van der Waals surface area contributed by atoms with Crippen LogP contribution in [0.25, 0.3) is 0 Å². The van der Waals surface area contributed by atoms with Gasteiger partial charge in [0.2, 0.25) is 0 Å². The van der Waals surface area contributed by atoms with E-state index in [-0.39, 0.29) is 5.82 Å². The molecule has 5 heteroatoms. The molecule has 2 rings (SSSR count). The van der Waals surface area contributed by atoms with Gasteiger partial charge < -0.3 is 14.8 Å². The number of benzene rings is 2. The van der Waals surface area contributed by atoms with Crippen LogP contribution in [0.4, 0.5) is 4.39 Å². The molecule has 1 unspecified atom stereocenters. The van der Waals surface area contributed by atoms with Crippen LogP contribution in [0.3, 0.4) is 0 Å². The van der Waals surface area contributed by atoms with Crippen molar-refractivity contribution < 1.29 is 13.9 Å². The molecule has 1 atom stereocenters. The molecular formula is C16H17BrFNO2. The molecule has 0 aliphatic carbocycles. The Labute approximate surface area is 132 Å². The number of ether oxygens (including phenoxy) is 2. The van der Waals surface area contributed by atoms with Gasteiger partial charge >= 0.3 is 0 Å². The van der Waals surface area contributed by atoms with Gasteiger partial charge in [-0.2, -0.15) is 0 Å². The molecule has 21 heavy (non-hydrogen) atoms. The molecule has 0 aliphatic rings. The molecule has 0 saturated carbocycles. The second-order valence-electron chi connectivity index (χ2n) is 4.43. The summed E-state index contributed by atoms with van der Waals surface area (Å²) in [7, 11) is 4.94. The summed E-state index contributed by atoms with van der Waals surface area (Å²) in [5.41, 5.74) is 1.28. The highest BCUT2D eigenvalue weighted by atomic mass is 79.9. The zero-order chi connectivity index (χ0) is 15.4. The lowest BCUT2D eigenvalue weighted by Gasteiger charge is -2.23. The van der Waals surface area contributed by atoms with Crippen molar-refractivity contribution >= 4 is 15.9 Å². The first-order valence-corrected chi connectivity index (χ1v) is 7.25. The molecule has 0 radical (unpaired) electrons. The van der Waals surface area contributed by atoms with Crippen molar-refractivity contribution in [2.24, 2.45) is 0 Å². The maximum Gasteiger partial charge on any atom is 0.129 e. The number of rotatable bonds is 5. The zero-order valence-corrected chi connectivity index (χ0v) is 13.7. The first-order valence-electron chi connectivity index (χ1n) is 6.46. The summed E-state index contributed by atoms with van der Waals surface area (Å²) in [4.78, 5) is 0. The molecule has 0 fully saturated rings. The first-order chi connectivity index (χ1) is 10.1. The predicted molar refractivity (Wildman–Crippen MR) is 84.5 cm³/mol. The third-order valence-electron chi connectivity index (χ3n) is 3.33. The van der Waals surface area contributed by atoms with Gasteiger partial charge in [-0.25, -0.2) is 4.39 Å². The van der Waals surface area contributed by atoms with Crippen LogP contribution in [0.2, 0.25) is 0 Å². The second kappa shape index (κ2) is 6.91.